The van der Waals surface area contributed by atoms with Crippen LogP contribution < -0.4 is 5.32 Å². The van der Waals surface area contributed by atoms with Crippen LogP contribution in [0.5, 0.6) is 0 Å². The molecule has 0 radical (unpaired) electrons. The quantitative estimate of drug-likeness (QED) is 0.902. The minimum absolute atomic E-state index is 0.695. The zero-order valence-electron chi connectivity index (χ0n) is 11.2. The van der Waals surface area contributed by atoms with E-state index in [1.165, 1.54) is 6.42 Å². The van der Waals surface area contributed by atoms with Crippen molar-refractivity contribution in [2.75, 3.05) is 13.1 Å². The van der Waals surface area contributed by atoms with E-state index in [2.05, 4.69) is 22.3 Å². The minimum Gasteiger partial charge on any atom is -0.316 e. The summed E-state index contributed by atoms with van der Waals surface area (Å²) in [5.41, 5.74) is 3.04. The van der Waals surface area contributed by atoms with E-state index >= 15 is 0 Å². The first-order valence-corrected chi connectivity index (χ1v) is 6.90. The lowest BCUT2D eigenvalue weighted by atomic mass is 10.0. The molecule has 0 aliphatic carbocycles. The number of rotatable bonds is 4. The van der Waals surface area contributed by atoms with Crippen LogP contribution in [0.1, 0.15) is 19.0 Å². The van der Waals surface area contributed by atoms with Crippen LogP contribution in [0, 0.1) is 5.92 Å². The molecule has 19 heavy (non-hydrogen) atoms. The van der Waals surface area contributed by atoms with Crippen LogP contribution in [0.25, 0.3) is 11.4 Å². The Morgan fingerprint density at radius 2 is 2.37 bits per heavy atom. The van der Waals surface area contributed by atoms with Crippen LogP contribution in [-0.4, -0.2) is 32.8 Å². The number of aromatic nitrogens is 4. The van der Waals surface area contributed by atoms with Crippen molar-refractivity contribution in [3.63, 3.8) is 0 Å². The van der Waals surface area contributed by atoms with E-state index < -0.39 is 0 Å². The van der Waals surface area contributed by atoms with Gasteiger partial charge < -0.3 is 5.32 Å². The number of nitrogens with zero attached hydrogens (tertiary/aromatic N) is 4. The summed E-state index contributed by atoms with van der Waals surface area (Å²) < 4.78 is 1.95. The highest BCUT2D eigenvalue weighted by Crippen LogP contribution is 2.18. The van der Waals surface area contributed by atoms with Crippen molar-refractivity contribution in [2.24, 2.45) is 5.92 Å². The third-order valence-electron chi connectivity index (χ3n) is 3.62. The molecule has 3 rings (SSSR count). The van der Waals surface area contributed by atoms with E-state index in [9.17, 15) is 0 Å². The zero-order valence-corrected chi connectivity index (χ0v) is 11.2. The lowest BCUT2D eigenvalue weighted by molar-refractivity contribution is 0.570. The number of hydrogen-bond donors (Lipinski definition) is 1. The fourth-order valence-corrected chi connectivity index (χ4v) is 2.61. The predicted molar refractivity (Wildman–Crippen MR) is 73.6 cm³/mol. The average Bonchev–Trinajstić information content (AvgIpc) is 3.09. The standard InChI is InChI=1S/C14H19N5/c1-2-19-14(4-6-17-19)13-10-16-9-12(18-13)7-11-3-5-15-8-11/h4,6,9-11,15H,2-3,5,7-8H2,1H3/t11-/m0/s1. The molecule has 0 spiro atoms. The Labute approximate surface area is 113 Å². The van der Waals surface area contributed by atoms with Gasteiger partial charge in [-0.3, -0.25) is 9.67 Å². The van der Waals surface area contributed by atoms with E-state index in [1.807, 2.05) is 29.3 Å². The molecule has 0 amide bonds. The minimum atomic E-state index is 0.695. The van der Waals surface area contributed by atoms with Gasteiger partial charge in [-0.15, -0.1) is 0 Å². The molecule has 0 saturated carbocycles. The third-order valence-corrected chi connectivity index (χ3v) is 3.62. The van der Waals surface area contributed by atoms with Crippen LogP contribution in [-0.2, 0) is 13.0 Å². The van der Waals surface area contributed by atoms with Gasteiger partial charge in [-0.25, -0.2) is 4.98 Å². The zero-order chi connectivity index (χ0) is 13.1. The van der Waals surface area contributed by atoms with Crippen LogP contribution in [0.15, 0.2) is 24.7 Å². The molecule has 3 heterocycles. The second kappa shape index (κ2) is 5.48. The Morgan fingerprint density at radius 1 is 1.42 bits per heavy atom. The Hall–Kier alpha value is -1.75. The topological polar surface area (TPSA) is 55.6 Å². The summed E-state index contributed by atoms with van der Waals surface area (Å²) in [5.74, 6) is 0.695. The van der Waals surface area contributed by atoms with Gasteiger partial charge in [0.2, 0.25) is 0 Å². The van der Waals surface area contributed by atoms with Crippen molar-refractivity contribution in [3.05, 3.63) is 30.4 Å². The fourth-order valence-electron chi connectivity index (χ4n) is 2.61. The highest BCUT2D eigenvalue weighted by atomic mass is 15.3. The van der Waals surface area contributed by atoms with Crippen molar-refractivity contribution >= 4 is 0 Å². The van der Waals surface area contributed by atoms with Crippen LogP contribution in [0.4, 0.5) is 0 Å². The number of aryl methyl sites for hydroxylation is 1. The summed E-state index contributed by atoms with van der Waals surface area (Å²) in [6.45, 7) is 5.15. The lowest BCUT2D eigenvalue weighted by Gasteiger charge is -2.09. The molecular weight excluding hydrogens is 238 g/mol. The second-order valence-corrected chi connectivity index (χ2v) is 4.99. The summed E-state index contributed by atoms with van der Waals surface area (Å²) in [6.07, 6.45) is 7.76. The lowest BCUT2D eigenvalue weighted by Crippen LogP contribution is -2.12. The first kappa shape index (κ1) is 12.3. The highest BCUT2D eigenvalue weighted by Gasteiger charge is 2.16. The van der Waals surface area contributed by atoms with Crippen LogP contribution >= 0.6 is 0 Å². The van der Waals surface area contributed by atoms with E-state index in [1.54, 1.807) is 0 Å². The summed E-state index contributed by atoms with van der Waals surface area (Å²) in [6, 6.07) is 1.99. The van der Waals surface area contributed by atoms with Gasteiger partial charge >= 0.3 is 0 Å². The molecule has 100 valence electrons. The molecular formula is C14H19N5. The molecule has 5 heteroatoms. The average molecular weight is 257 g/mol. The van der Waals surface area contributed by atoms with Crippen molar-refractivity contribution in [1.82, 2.24) is 25.1 Å². The first-order chi connectivity index (χ1) is 9.36. The molecule has 1 aliphatic rings. The van der Waals surface area contributed by atoms with Gasteiger partial charge in [0.25, 0.3) is 0 Å². The molecule has 5 nitrogen and oxygen atoms in total. The van der Waals surface area contributed by atoms with Crippen molar-refractivity contribution in [3.8, 4) is 11.4 Å². The van der Waals surface area contributed by atoms with Gasteiger partial charge in [-0.2, -0.15) is 5.10 Å². The van der Waals surface area contributed by atoms with Gasteiger partial charge in [-0.1, -0.05) is 0 Å². The molecule has 0 bridgehead atoms. The van der Waals surface area contributed by atoms with E-state index in [4.69, 9.17) is 4.98 Å². The molecule has 0 aromatic carbocycles. The SMILES string of the molecule is CCn1nccc1-c1cncc(C[C@@H]2CCNC2)n1. The second-order valence-electron chi connectivity index (χ2n) is 4.99. The van der Waals surface area contributed by atoms with Crippen molar-refractivity contribution in [2.45, 2.75) is 26.3 Å². The summed E-state index contributed by atoms with van der Waals surface area (Å²) in [4.78, 5) is 9.07. The summed E-state index contributed by atoms with van der Waals surface area (Å²) in [5, 5.41) is 7.67. The number of hydrogen-bond acceptors (Lipinski definition) is 4. The maximum Gasteiger partial charge on any atom is 0.107 e. The Morgan fingerprint density at radius 3 is 3.16 bits per heavy atom. The third kappa shape index (κ3) is 2.66. The molecule has 2 aromatic heterocycles. The Kier molecular flexibility index (Phi) is 3.55. The molecule has 1 fully saturated rings. The van der Waals surface area contributed by atoms with E-state index in [0.29, 0.717) is 5.92 Å². The van der Waals surface area contributed by atoms with Crippen LogP contribution in [0.3, 0.4) is 0 Å². The monoisotopic (exact) mass is 257 g/mol. The molecule has 1 atom stereocenters. The molecule has 2 aromatic rings. The van der Waals surface area contributed by atoms with E-state index in [-0.39, 0.29) is 0 Å². The van der Waals surface area contributed by atoms with E-state index in [0.717, 1.165) is 43.1 Å². The smallest absolute Gasteiger partial charge is 0.107 e. The van der Waals surface area contributed by atoms with Crippen molar-refractivity contribution < 1.29 is 0 Å². The fraction of sp³-hybridized carbons (Fsp3) is 0.500. The van der Waals surface area contributed by atoms with Gasteiger partial charge in [0.1, 0.15) is 5.69 Å². The Balaban J connectivity index is 1.83. The molecule has 1 N–H and O–H groups in total. The largest absolute Gasteiger partial charge is 0.316 e. The molecule has 0 unspecified atom stereocenters. The van der Waals surface area contributed by atoms with Crippen LogP contribution in [0.2, 0.25) is 0 Å². The maximum absolute atomic E-state index is 4.74. The van der Waals surface area contributed by atoms with Gasteiger partial charge in [-0.05, 0) is 44.8 Å². The van der Waals surface area contributed by atoms with Gasteiger partial charge in [0, 0.05) is 18.9 Å². The molecule has 1 aliphatic heterocycles. The Bertz CT molecular complexity index is 542. The normalized spacial score (nSPS) is 18.9. The highest BCUT2D eigenvalue weighted by molar-refractivity contribution is 5.52. The van der Waals surface area contributed by atoms with Gasteiger partial charge in [0.05, 0.1) is 17.6 Å². The predicted octanol–water partition coefficient (Wildman–Crippen LogP) is 1.51. The number of nitrogens with one attached hydrogen (secondary N) is 1. The first-order valence-electron chi connectivity index (χ1n) is 6.90. The van der Waals surface area contributed by atoms with Gasteiger partial charge in [0.15, 0.2) is 0 Å². The summed E-state index contributed by atoms with van der Waals surface area (Å²) in [7, 11) is 0. The summed E-state index contributed by atoms with van der Waals surface area (Å²) >= 11 is 0. The molecule has 1 saturated heterocycles. The maximum atomic E-state index is 4.74. The van der Waals surface area contributed by atoms with Crippen molar-refractivity contribution in [1.29, 1.82) is 0 Å².